The number of hydrogen-bond acceptors (Lipinski definition) is 4. The van der Waals surface area contributed by atoms with Crippen molar-refractivity contribution in [3.8, 4) is 6.07 Å². The number of piperazine rings is 1. The Labute approximate surface area is 183 Å². The van der Waals surface area contributed by atoms with Crippen molar-refractivity contribution in [2.75, 3.05) is 26.2 Å². The molecule has 1 saturated carbocycles. The van der Waals surface area contributed by atoms with Crippen LogP contribution >= 0.6 is 0 Å². The van der Waals surface area contributed by atoms with Crippen LogP contribution in [-0.4, -0.2) is 49.7 Å². The number of benzene rings is 2. The predicted octanol–water partition coefficient (Wildman–Crippen LogP) is 3.21. The van der Waals surface area contributed by atoms with Crippen LogP contribution in [0.5, 0.6) is 0 Å². The first kappa shape index (κ1) is 22.3. The van der Waals surface area contributed by atoms with Crippen molar-refractivity contribution < 1.29 is 26.4 Å². The molecule has 168 valence electrons. The van der Waals surface area contributed by atoms with E-state index in [1.165, 1.54) is 40.7 Å². The quantitative estimate of drug-likeness (QED) is 0.697. The van der Waals surface area contributed by atoms with Crippen molar-refractivity contribution in [1.82, 2.24) is 9.21 Å². The Morgan fingerprint density at radius 2 is 1.56 bits per heavy atom. The number of nitriles is 1. The Hall–Kier alpha value is -2.90. The molecule has 1 aliphatic heterocycles. The molecule has 2 unspecified atom stereocenters. The van der Waals surface area contributed by atoms with E-state index in [1.54, 1.807) is 4.90 Å². The number of amides is 1. The van der Waals surface area contributed by atoms with Crippen LogP contribution in [0.2, 0.25) is 0 Å². The first-order valence-corrected chi connectivity index (χ1v) is 11.5. The molecule has 1 heterocycles. The third kappa shape index (κ3) is 4.36. The molecule has 2 aromatic rings. The molecular weight excluding hydrogens is 443 g/mol. The van der Waals surface area contributed by atoms with Crippen LogP contribution in [0.15, 0.2) is 53.4 Å². The predicted molar refractivity (Wildman–Crippen MR) is 109 cm³/mol. The number of carbonyl (C=O) groups excluding carboxylic acids is 1. The summed E-state index contributed by atoms with van der Waals surface area (Å²) in [5, 5.41) is 8.85. The number of rotatable bonds is 4. The lowest BCUT2D eigenvalue weighted by Gasteiger charge is -2.34. The third-order valence-corrected chi connectivity index (χ3v) is 7.86. The minimum Gasteiger partial charge on any atom is -0.340 e. The molecule has 1 amide bonds. The van der Waals surface area contributed by atoms with Gasteiger partial charge in [0.2, 0.25) is 15.9 Å². The van der Waals surface area contributed by atoms with E-state index in [4.69, 9.17) is 5.26 Å². The summed E-state index contributed by atoms with van der Waals surface area (Å²) in [5.74, 6) is -0.482. The van der Waals surface area contributed by atoms with Crippen molar-refractivity contribution >= 4 is 15.9 Å². The number of carbonyl (C=O) groups is 1. The molecule has 2 atom stereocenters. The van der Waals surface area contributed by atoms with Crippen molar-refractivity contribution in [3.05, 3.63) is 65.2 Å². The van der Waals surface area contributed by atoms with Gasteiger partial charge in [-0.3, -0.25) is 4.79 Å². The maximum absolute atomic E-state index is 12.8. The summed E-state index contributed by atoms with van der Waals surface area (Å²) in [5.41, 5.74) is 0.356. The lowest BCUT2D eigenvalue weighted by Crippen LogP contribution is -2.51. The zero-order valence-electron chi connectivity index (χ0n) is 16.9. The van der Waals surface area contributed by atoms with E-state index in [1.807, 2.05) is 6.07 Å². The number of sulfonamides is 1. The van der Waals surface area contributed by atoms with Crippen molar-refractivity contribution in [1.29, 1.82) is 5.26 Å². The van der Waals surface area contributed by atoms with Crippen LogP contribution in [0.3, 0.4) is 0 Å². The van der Waals surface area contributed by atoms with Crippen LogP contribution in [0.4, 0.5) is 13.2 Å². The van der Waals surface area contributed by atoms with E-state index >= 15 is 0 Å². The molecule has 4 rings (SSSR count). The SMILES string of the molecule is N#Cc1ccc(S(=O)(=O)N2CCN(C(=O)C3CC3c3ccc(C(F)(F)F)cc3)CC2)cc1. The highest BCUT2D eigenvalue weighted by Gasteiger charge is 2.46. The molecule has 0 bridgehead atoms. The van der Waals surface area contributed by atoms with Gasteiger partial charge in [-0.1, -0.05) is 12.1 Å². The standard InChI is InChI=1S/C22H20F3N3O3S/c23-22(24,25)17-5-3-16(4-6-17)19-13-20(19)21(29)27-9-11-28(12-10-27)32(30,31)18-7-1-15(14-26)2-8-18/h1-8,19-20H,9-13H2. The Balaban J connectivity index is 1.34. The average molecular weight is 463 g/mol. The van der Waals surface area contributed by atoms with Gasteiger partial charge in [-0.2, -0.15) is 22.7 Å². The lowest BCUT2D eigenvalue weighted by atomic mass is 10.1. The van der Waals surface area contributed by atoms with E-state index in [-0.39, 0.29) is 48.8 Å². The summed E-state index contributed by atoms with van der Waals surface area (Å²) in [7, 11) is -3.72. The normalized spacial score (nSPS) is 21.8. The number of halogens is 3. The highest BCUT2D eigenvalue weighted by molar-refractivity contribution is 7.89. The van der Waals surface area contributed by atoms with Gasteiger partial charge in [-0.25, -0.2) is 8.42 Å². The third-order valence-electron chi connectivity index (χ3n) is 5.95. The molecule has 10 heteroatoms. The van der Waals surface area contributed by atoms with Crippen LogP contribution in [0, 0.1) is 17.2 Å². The van der Waals surface area contributed by atoms with Crippen LogP contribution in [-0.2, 0) is 21.0 Å². The van der Waals surface area contributed by atoms with Gasteiger partial charge in [0.15, 0.2) is 0 Å². The van der Waals surface area contributed by atoms with Crippen LogP contribution < -0.4 is 0 Å². The molecule has 6 nitrogen and oxygen atoms in total. The van der Waals surface area contributed by atoms with Crippen LogP contribution in [0.25, 0.3) is 0 Å². The topological polar surface area (TPSA) is 81.5 Å². The van der Waals surface area contributed by atoms with Gasteiger partial charge in [-0.05, 0) is 54.3 Å². The van der Waals surface area contributed by atoms with E-state index in [2.05, 4.69) is 0 Å². The van der Waals surface area contributed by atoms with Gasteiger partial charge in [0, 0.05) is 32.1 Å². The fourth-order valence-electron chi connectivity index (χ4n) is 3.99. The second kappa shape index (κ2) is 8.22. The second-order valence-electron chi connectivity index (χ2n) is 7.93. The minimum atomic E-state index is -4.39. The molecule has 0 spiro atoms. The van der Waals surface area contributed by atoms with E-state index < -0.39 is 21.8 Å². The van der Waals surface area contributed by atoms with Gasteiger partial charge in [0.05, 0.1) is 22.1 Å². The van der Waals surface area contributed by atoms with Crippen molar-refractivity contribution in [2.45, 2.75) is 23.4 Å². The smallest absolute Gasteiger partial charge is 0.340 e. The fourth-order valence-corrected chi connectivity index (χ4v) is 5.41. The van der Waals surface area contributed by atoms with Gasteiger partial charge in [-0.15, -0.1) is 0 Å². The second-order valence-corrected chi connectivity index (χ2v) is 9.87. The largest absolute Gasteiger partial charge is 0.416 e. The number of hydrogen-bond donors (Lipinski definition) is 0. The highest BCUT2D eigenvalue weighted by atomic mass is 32.2. The van der Waals surface area contributed by atoms with Crippen molar-refractivity contribution in [3.63, 3.8) is 0 Å². The average Bonchev–Trinajstić information content (AvgIpc) is 3.59. The number of nitrogens with zero attached hydrogens (tertiary/aromatic N) is 3. The molecule has 1 saturated heterocycles. The fraction of sp³-hybridized carbons (Fsp3) is 0.364. The summed E-state index contributed by atoms with van der Waals surface area (Å²) >= 11 is 0. The summed E-state index contributed by atoms with van der Waals surface area (Å²) in [4.78, 5) is 14.5. The maximum Gasteiger partial charge on any atom is 0.416 e. The Bertz CT molecular complexity index is 1150. The molecule has 1 aliphatic carbocycles. The molecule has 0 aromatic heterocycles. The summed E-state index contributed by atoms with van der Waals surface area (Å²) in [6.45, 7) is 0.826. The zero-order chi connectivity index (χ0) is 23.1. The molecule has 32 heavy (non-hydrogen) atoms. The van der Waals surface area contributed by atoms with E-state index in [0.29, 0.717) is 17.5 Å². The Kier molecular flexibility index (Phi) is 5.73. The van der Waals surface area contributed by atoms with Gasteiger partial charge in [0.1, 0.15) is 0 Å². The van der Waals surface area contributed by atoms with Gasteiger partial charge >= 0.3 is 6.18 Å². The maximum atomic E-state index is 12.8. The van der Waals surface area contributed by atoms with Crippen LogP contribution in [0.1, 0.15) is 29.0 Å². The molecule has 2 aliphatic rings. The Morgan fingerprint density at radius 1 is 0.969 bits per heavy atom. The lowest BCUT2D eigenvalue weighted by molar-refractivity contribution is -0.137. The summed E-state index contributed by atoms with van der Waals surface area (Å²) < 4.78 is 65.1. The highest BCUT2D eigenvalue weighted by Crippen LogP contribution is 2.49. The van der Waals surface area contributed by atoms with E-state index in [0.717, 1.165) is 12.1 Å². The first-order chi connectivity index (χ1) is 15.1. The Morgan fingerprint density at radius 3 is 2.09 bits per heavy atom. The molecule has 2 fully saturated rings. The molecule has 0 N–H and O–H groups in total. The van der Waals surface area contributed by atoms with Gasteiger partial charge < -0.3 is 4.90 Å². The van der Waals surface area contributed by atoms with Gasteiger partial charge in [0.25, 0.3) is 0 Å². The first-order valence-electron chi connectivity index (χ1n) is 10.1. The van der Waals surface area contributed by atoms with E-state index in [9.17, 15) is 26.4 Å². The molecule has 2 aromatic carbocycles. The summed E-state index contributed by atoms with van der Waals surface area (Å²) in [6.07, 6.45) is -3.82. The molecular formula is C22H20F3N3O3S. The monoisotopic (exact) mass is 463 g/mol. The van der Waals surface area contributed by atoms with Crippen molar-refractivity contribution in [2.24, 2.45) is 5.92 Å². The number of alkyl halides is 3. The summed E-state index contributed by atoms with van der Waals surface area (Å²) in [6, 6.07) is 12.5. The molecule has 0 radical (unpaired) electrons. The zero-order valence-corrected chi connectivity index (χ0v) is 17.7. The minimum absolute atomic E-state index is 0.0923.